The van der Waals surface area contributed by atoms with E-state index in [0.29, 0.717) is 5.95 Å². The Morgan fingerprint density at radius 3 is 2.60 bits per heavy atom. The van der Waals surface area contributed by atoms with Gasteiger partial charge in [0, 0.05) is 25.3 Å². The van der Waals surface area contributed by atoms with Gasteiger partial charge in [-0.25, -0.2) is 4.98 Å². The molecule has 4 heteroatoms. The Morgan fingerprint density at radius 2 is 2.00 bits per heavy atom. The van der Waals surface area contributed by atoms with Crippen LogP contribution >= 0.6 is 0 Å². The van der Waals surface area contributed by atoms with Crippen LogP contribution in [0.4, 0.5) is 11.6 Å². The van der Waals surface area contributed by atoms with Gasteiger partial charge in [-0.1, -0.05) is 18.2 Å². The van der Waals surface area contributed by atoms with Crippen LogP contribution < -0.4 is 10.6 Å². The lowest BCUT2D eigenvalue weighted by molar-refractivity contribution is 1.13. The molecule has 0 spiro atoms. The van der Waals surface area contributed by atoms with E-state index in [9.17, 15) is 0 Å². The van der Waals surface area contributed by atoms with E-state index in [1.807, 2.05) is 32.3 Å². The van der Waals surface area contributed by atoms with Crippen molar-refractivity contribution in [2.75, 3.05) is 24.7 Å². The van der Waals surface area contributed by atoms with Gasteiger partial charge < -0.3 is 15.6 Å². The molecule has 78 valence electrons. The quantitative estimate of drug-likeness (QED) is 0.779. The molecule has 0 aliphatic rings. The van der Waals surface area contributed by atoms with Crippen molar-refractivity contribution in [2.45, 2.75) is 0 Å². The third-order valence-corrected chi connectivity index (χ3v) is 2.27. The Morgan fingerprint density at radius 1 is 1.27 bits per heavy atom. The second-order valence-corrected chi connectivity index (χ2v) is 3.59. The van der Waals surface area contributed by atoms with Crippen LogP contribution in [-0.4, -0.2) is 24.1 Å². The molecule has 2 aromatic rings. The SMILES string of the molecule is CN(C)c1ccccc1-c1cnc(N)[nH]1. The first-order valence-corrected chi connectivity index (χ1v) is 4.75. The van der Waals surface area contributed by atoms with Crippen molar-refractivity contribution in [3.63, 3.8) is 0 Å². The summed E-state index contributed by atoms with van der Waals surface area (Å²) in [6, 6.07) is 8.12. The summed E-state index contributed by atoms with van der Waals surface area (Å²) in [5, 5.41) is 0. The standard InChI is InChI=1S/C11H14N4/c1-15(2)10-6-4-3-5-8(10)9-7-13-11(12)14-9/h3-7H,1-2H3,(H3,12,13,14). The van der Waals surface area contributed by atoms with Gasteiger partial charge in [-0.3, -0.25) is 0 Å². The molecule has 0 atom stereocenters. The zero-order chi connectivity index (χ0) is 10.8. The van der Waals surface area contributed by atoms with Crippen molar-refractivity contribution in [3.05, 3.63) is 30.5 Å². The van der Waals surface area contributed by atoms with Gasteiger partial charge in [0.1, 0.15) is 0 Å². The van der Waals surface area contributed by atoms with Crippen LogP contribution in [0, 0.1) is 0 Å². The van der Waals surface area contributed by atoms with Crippen LogP contribution in [0.5, 0.6) is 0 Å². The molecule has 0 saturated carbocycles. The topological polar surface area (TPSA) is 57.9 Å². The van der Waals surface area contributed by atoms with Crippen molar-refractivity contribution < 1.29 is 0 Å². The summed E-state index contributed by atoms with van der Waals surface area (Å²) in [6.07, 6.45) is 1.75. The average Bonchev–Trinajstić information content (AvgIpc) is 2.65. The van der Waals surface area contributed by atoms with E-state index in [4.69, 9.17) is 5.73 Å². The Balaban J connectivity index is 2.52. The summed E-state index contributed by atoms with van der Waals surface area (Å²) in [6.45, 7) is 0. The Bertz CT molecular complexity index is 459. The second kappa shape index (κ2) is 3.65. The van der Waals surface area contributed by atoms with Gasteiger partial charge in [-0.2, -0.15) is 0 Å². The molecule has 0 radical (unpaired) electrons. The van der Waals surface area contributed by atoms with Crippen molar-refractivity contribution in [1.29, 1.82) is 0 Å². The first-order valence-electron chi connectivity index (χ1n) is 4.75. The number of para-hydroxylation sites is 1. The summed E-state index contributed by atoms with van der Waals surface area (Å²) in [5.41, 5.74) is 8.75. The zero-order valence-electron chi connectivity index (χ0n) is 8.86. The van der Waals surface area contributed by atoms with Crippen LogP contribution in [0.1, 0.15) is 0 Å². The number of hydrogen-bond acceptors (Lipinski definition) is 3. The number of aromatic nitrogens is 2. The summed E-state index contributed by atoms with van der Waals surface area (Å²) in [7, 11) is 4.02. The number of anilines is 2. The van der Waals surface area contributed by atoms with Crippen molar-refractivity contribution in [2.24, 2.45) is 0 Å². The molecular formula is C11H14N4. The maximum Gasteiger partial charge on any atom is 0.197 e. The van der Waals surface area contributed by atoms with E-state index >= 15 is 0 Å². The number of nitrogens with two attached hydrogens (primary N) is 1. The molecule has 1 heterocycles. The highest BCUT2D eigenvalue weighted by Gasteiger charge is 2.07. The highest BCUT2D eigenvalue weighted by atomic mass is 15.1. The second-order valence-electron chi connectivity index (χ2n) is 3.59. The minimum absolute atomic E-state index is 0.443. The van der Waals surface area contributed by atoms with Crippen molar-refractivity contribution in [1.82, 2.24) is 9.97 Å². The molecule has 0 saturated heterocycles. The molecule has 3 N–H and O–H groups in total. The number of imidazole rings is 1. The van der Waals surface area contributed by atoms with E-state index in [-0.39, 0.29) is 0 Å². The lowest BCUT2D eigenvalue weighted by Crippen LogP contribution is -2.09. The largest absolute Gasteiger partial charge is 0.377 e. The summed E-state index contributed by atoms with van der Waals surface area (Å²) in [4.78, 5) is 9.09. The van der Waals surface area contributed by atoms with Gasteiger partial charge in [0.2, 0.25) is 0 Å². The van der Waals surface area contributed by atoms with E-state index in [1.165, 1.54) is 0 Å². The molecule has 0 amide bonds. The monoisotopic (exact) mass is 202 g/mol. The Hall–Kier alpha value is -1.97. The predicted octanol–water partition coefficient (Wildman–Crippen LogP) is 1.72. The first kappa shape index (κ1) is 9.58. The maximum absolute atomic E-state index is 5.56. The van der Waals surface area contributed by atoms with Gasteiger partial charge in [-0.05, 0) is 6.07 Å². The number of hydrogen-bond donors (Lipinski definition) is 2. The zero-order valence-corrected chi connectivity index (χ0v) is 8.86. The van der Waals surface area contributed by atoms with Crippen LogP contribution in [-0.2, 0) is 0 Å². The Labute approximate surface area is 88.7 Å². The number of H-pyrrole nitrogens is 1. The number of nitrogen functional groups attached to an aromatic ring is 1. The van der Waals surface area contributed by atoms with Gasteiger partial charge in [-0.15, -0.1) is 0 Å². The van der Waals surface area contributed by atoms with Crippen molar-refractivity contribution >= 4 is 11.6 Å². The van der Waals surface area contributed by atoms with Crippen LogP contribution in [0.25, 0.3) is 11.3 Å². The molecular weight excluding hydrogens is 188 g/mol. The smallest absolute Gasteiger partial charge is 0.197 e. The van der Waals surface area contributed by atoms with Gasteiger partial charge in [0.05, 0.1) is 11.9 Å². The van der Waals surface area contributed by atoms with Gasteiger partial charge in [0.15, 0.2) is 5.95 Å². The van der Waals surface area contributed by atoms with Crippen LogP contribution in [0.3, 0.4) is 0 Å². The highest BCUT2D eigenvalue weighted by molar-refractivity contribution is 5.76. The Kier molecular flexibility index (Phi) is 2.33. The fourth-order valence-corrected chi connectivity index (χ4v) is 1.56. The van der Waals surface area contributed by atoms with E-state index < -0.39 is 0 Å². The molecule has 15 heavy (non-hydrogen) atoms. The molecule has 4 nitrogen and oxygen atoms in total. The number of rotatable bonds is 2. The number of nitrogens with one attached hydrogen (secondary N) is 1. The highest BCUT2D eigenvalue weighted by Crippen LogP contribution is 2.28. The van der Waals surface area contributed by atoms with E-state index in [1.54, 1.807) is 6.20 Å². The first-order chi connectivity index (χ1) is 7.18. The summed E-state index contributed by atoms with van der Waals surface area (Å²) >= 11 is 0. The average molecular weight is 202 g/mol. The summed E-state index contributed by atoms with van der Waals surface area (Å²) in [5.74, 6) is 0.443. The molecule has 0 bridgehead atoms. The minimum atomic E-state index is 0.443. The molecule has 0 unspecified atom stereocenters. The normalized spacial score (nSPS) is 10.3. The molecule has 0 fully saturated rings. The van der Waals surface area contributed by atoms with Gasteiger partial charge in [0.25, 0.3) is 0 Å². The molecule has 2 rings (SSSR count). The van der Waals surface area contributed by atoms with Gasteiger partial charge >= 0.3 is 0 Å². The summed E-state index contributed by atoms with van der Waals surface area (Å²) < 4.78 is 0. The molecule has 0 aliphatic carbocycles. The lowest BCUT2D eigenvalue weighted by atomic mass is 10.1. The van der Waals surface area contributed by atoms with E-state index in [0.717, 1.165) is 16.9 Å². The maximum atomic E-state index is 5.56. The van der Waals surface area contributed by atoms with Crippen LogP contribution in [0.2, 0.25) is 0 Å². The third kappa shape index (κ3) is 1.79. The fourth-order valence-electron chi connectivity index (χ4n) is 1.56. The van der Waals surface area contributed by atoms with Crippen LogP contribution in [0.15, 0.2) is 30.5 Å². The number of aromatic amines is 1. The number of benzene rings is 1. The van der Waals surface area contributed by atoms with Crippen molar-refractivity contribution in [3.8, 4) is 11.3 Å². The lowest BCUT2D eigenvalue weighted by Gasteiger charge is -2.16. The predicted molar refractivity (Wildman–Crippen MR) is 62.8 cm³/mol. The molecule has 0 aliphatic heterocycles. The third-order valence-electron chi connectivity index (χ3n) is 2.27. The van der Waals surface area contributed by atoms with E-state index in [2.05, 4.69) is 20.9 Å². The minimum Gasteiger partial charge on any atom is -0.377 e. The fraction of sp³-hybridized carbons (Fsp3) is 0.182. The number of nitrogens with zero attached hydrogens (tertiary/aromatic N) is 2. The molecule has 1 aromatic carbocycles. The molecule has 1 aromatic heterocycles.